The van der Waals surface area contributed by atoms with Crippen LogP contribution in [0, 0.1) is 0 Å². The number of rotatable bonds is 9. The average molecular weight is 592 g/mol. The normalized spacial score (nSPS) is 17.7. The van der Waals surface area contributed by atoms with E-state index in [4.69, 9.17) is 12.9 Å². The van der Waals surface area contributed by atoms with E-state index in [0.29, 0.717) is 0 Å². The first-order valence-electron chi connectivity index (χ1n) is 11.2. The Morgan fingerprint density at radius 2 is 0.821 bits per heavy atom. The molecule has 0 spiro atoms. The molecule has 0 heterocycles. The minimum absolute atomic E-state index is 0.0362. The molecule has 3 aromatic rings. The molecule has 4 rings (SSSR count). The van der Waals surface area contributed by atoms with E-state index >= 15 is 0 Å². The highest BCUT2D eigenvalue weighted by Crippen LogP contribution is 2.20. The van der Waals surface area contributed by atoms with Crippen molar-refractivity contribution in [1.82, 2.24) is 0 Å². The summed E-state index contributed by atoms with van der Waals surface area (Å²) in [6, 6.07) is 21.8. The molecule has 15 heteroatoms. The van der Waals surface area contributed by atoms with Gasteiger partial charge >= 0.3 is 30.4 Å². The van der Waals surface area contributed by atoms with Gasteiger partial charge in [-0.1, -0.05) is 70.1 Å². The van der Waals surface area contributed by atoms with Crippen LogP contribution in [0.15, 0.2) is 121 Å². The Morgan fingerprint density at radius 1 is 0.462 bits per heavy atom. The molecule has 12 nitrogen and oxygen atoms in total. The van der Waals surface area contributed by atoms with Gasteiger partial charge in [-0.2, -0.15) is 25.3 Å². The van der Waals surface area contributed by atoms with Crippen LogP contribution in [-0.2, 0) is 43.2 Å². The third-order valence-electron chi connectivity index (χ3n) is 5.21. The Morgan fingerprint density at radius 3 is 1.23 bits per heavy atom. The molecule has 0 radical (unpaired) electrons. The molecule has 0 atom stereocenters. The van der Waals surface area contributed by atoms with E-state index in [0.717, 1.165) is 0 Å². The predicted molar refractivity (Wildman–Crippen MR) is 140 cm³/mol. The summed E-state index contributed by atoms with van der Waals surface area (Å²) >= 11 is 0. The first-order chi connectivity index (χ1) is 18.6. The second kappa shape index (κ2) is 11.8. The van der Waals surface area contributed by atoms with E-state index in [-0.39, 0.29) is 51.1 Å². The third-order valence-corrected chi connectivity index (χ3v) is 8.57. The summed E-state index contributed by atoms with van der Waals surface area (Å²) < 4.78 is 89.3. The average Bonchev–Trinajstić information content (AvgIpc) is 2.96. The summed E-state index contributed by atoms with van der Waals surface area (Å²) in [5.74, 6) is 0. The first kappa shape index (κ1) is 27.9. The van der Waals surface area contributed by atoms with Crippen molar-refractivity contribution in [3.8, 4) is 0 Å². The summed E-state index contributed by atoms with van der Waals surface area (Å²) in [4.78, 5) is -0.427. The second-order valence-corrected chi connectivity index (χ2v) is 12.5. The molecule has 0 unspecified atom stereocenters. The predicted octanol–water partition coefficient (Wildman–Crippen LogP) is 3.45. The molecule has 0 aromatic heterocycles. The summed E-state index contributed by atoms with van der Waals surface area (Å²) in [7, 11) is -12.8. The van der Waals surface area contributed by atoms with Crippen molar-refractivity contribution in [2.75, 3.05) is 0 Å². The van der Waals surface area contributed by atoms with Crippen molar-refractivity contribution in [3.63, 3.8) is 0 Å². The minimum Gasteiger partial charge on any atom is -0.265 e. The van der Waals surface area contributed by atoms with Crippen LogP contribution in [-0.4, -0.2) is 42.4 Å². The van der Waals surface area contributed by atoms with Crippen LogP contribution < -0.4 is 0 Å². The zero-order chi connectivity index (χ0) is 27.9. The topological polar surface area (TPSA) is 167 Å². The van der Waals surface area contributed by atoms with Crippen molar-refractivity contribution in [3.05, 3.63) is 91.0 Å². The number of oxime groups is 3. The van der Waals surface area contributed by atoms with Gasteiger partial charge < -0.3 is 0 Å². The lowest BCUT2D eigenvalue weighted by Crippen LogP contribution is -2.27. The standard InChI is InChI=1S/C24H21N3O9S3/c28-37(29,20-10-4-1-5-11-20)34-25-19-16-17-23(26-35-38(30,31)21-12-6-2-7-13-21)24(18-19)27-36-39(32,33)22-14-8-3-9-15-22/h1-15H,16-18H2/b25-19+,26-23-,27-24+. The monoisotopic (exact) mass is 591 g/mol. The Balaban J connectivity index is 1.60. The molecule has 0 N–H and O–H groups in total. The van der Waals surface area contributed by atoms with Gasteiger partial charge in [-0.3, -0.25) is 12.9 Å². The van der Waals surface area contributed by atoms with Gasteiger partial charge in [0.1, 0.15) is 26.1 Å². The van der Waals surface area contributed by atoms with Gasteiger partial charge in [-0.25, -0.2) is 0 Å². The number of hydrogen-bond acceptors (Lipinski definition) is 12. The van der Waals surface area contributed by atoms with Gasteiger partial charge in [0.05, 0.1) is 5.71 Å². The molecule has 1 fully saturated rings. The SMILES string of the molecule is O=S(=O)(O/N=C1/CC/C(=N\OS(=O)(=O)c2ccccc2)C/C1=N\OS(=O)(=O)c1ccccc1)c1ccccc1. The van der Waals surface area contributed by atoms with Crippen LogP contribution in [0.1, 0.15) is 19.3 Å². The van der Waals surface area contributed by atoms with Gasteiger partial charge in [-0.15, -0.1) is 0 Å². The fourth-order valence-electron chi connectivity index (χ4n) is 3.23. The van der Waals surface area contributed by atoms with Gasteiger partial charge in [0.25, 0.3) is 0 Å². The van der Waals surface area contributed by atoms with E-state index in [1.54, 1.807) is 18.2 Å². The van der Waals surface area contributed by atoms with Gasteiger partial charge in [0.2, 0.25) is 0 Å². The van der Waals surface area contributed by atoms with Crippen molar-refractivity contribution >= 4 is 47.5 Å². The lowest BCUT2D eigenvalue weighted by molar-refractivity contribution is 0.330. The molecule has 1 aliphatic carbocycles. The highest BCUT2D eigenvalue weighted by Gasteiger charge is 2.26. The maximum atomic E-state index is 12.5. The van der Waals surface area contributed by atoms with Gasteiger partial charge in [0, 0.05) is 12.8 Å². The maximum Gasteiger partial charge on any atom is 0.358 e. The maximum absolute atomic E-state index is 12.5. The van der Waals surface area contributed by atoms with Crippen molar-refractivity contribution in [2.24, 2.45) is 15.5 Å². The molecule has 3 aromatic carbocycles. The molecule has 39 heavy (non-hydrogen) atoms. The van der Waals surface area contributed by atoms with Crippen molar-refractivity contribution < 1.29 is 38.1 Å². The lowest BCUT2D eigenvalue weighted by atomic mass is 9.95. The Labute approximate surface area is 225 Å². The highest BCUT2D eigenvalue weighted by molar-refractivity contribution is 7.87. The molecular weight excluding hydrogens is 570 g/mol. The van der Waals surface area contributed by atoms with Gasteiger partial charge in [0.15, 0.2) is 0 Å². The summed E-state index contributed by atoms with van der Waals surface area (Å²) in [5.41, 5.74) is -0.0232. The molecule has 1 aliphatic rings. The smallest absolute Gasteiger partial charge is 0.265 e. The van der Waals surface area contributed by atoms with Crippen molar-refractivity contribution in [2.45, 2.75) is 33.9 Å². The zero-order valence-electron chi connectivity index (χ0n) is 20.0. The fraction of sp³-hybridized carbons (Fsp3) is 0.125. The van der Waals surface area contributed by atoms with E-state index in [1.807, 2.05) is 0 Å². The molecule has 1 saturated carbocycles. The molecule has 0 aliphatic heterocycles. The number of nitrogens with zero attached hydrogens (tertiary/aromatic N) is 3. The molecule has 0 amide bonds. The van der Waals surface area contributed by atoms with Crippen LogP contribution in [0.2, 0.25) is 0 Å². The van der Waals surface area contributed by atoms with E-state index < -0.39 is 30.4 Å². The van der Waals surface area contributed by atoms with E-state index in [2.05, 4.69) is 15.5 Å². The summed E-state index contributed by atoms with van der Waals surface area (Å²) in [6.07, 6.45) is -0.212. The molecular formula is C24H21N3O9S3. The van der Waals surface area contributed by atoms with E-state index in [1.165, 1.54) is 72.8 Å². The summed E-state index contributed by atoms with van der Waals surface area (Å²) in [6.45, 7) is 0. The largest absolute Gasteiger partial charge is 0.358 e. The quantitative estimate of drug-likeness (QED) is 0.339. The molecule has 204 valence electrons. The second-order valence-electron chi connectivity index (χ2n) is 7.94. The van der Waals surface area contributed by atoms with Crippen LogP contribution in [0.4, 0.5) is 0 Å². The lowest BCUT2D eigenvalue weighted by Gasteiger charge is -2.16. The Kier molecular flexibility index (Phi) is 8.42. The molecule has 0 bridgehead atoms. The fourth-order valence-corrected chi connectivity index (χ4v) is 5.54. The highest BCUT2D eigenvalue weighted by atomic mass is 32.2. The third kappa shape index (κ3) is 7.28. The van der Waals surface area contributed by atoms with Crippen LogP contribution in [0.25, 0.3) is 0 Å². The minimum atomic E-state index is -4.33. The van der Waals surface area contributed by atoms with Crippen molar-refractivity contribution in [1.29, 1.82) is 0 Å². The van der Waals surface area contributed by atoms with Crippen LogP contribution >= 0.6 is 0 Å². The Hall–Kier alpha value is -4.08. The number of hydrogen-bond donors (Lipinski definition) is 0. The zero-order valence-corrected chi connectivity index (χ0v) is 22.5. The molecule has 0 saturated heterocycles. The Bertz CT molecular complexity index is 1720. The van der Waals surface area contributed by atoms with Gasteiger partial charge in [-0.05, 0) is 42.8 Å². The summed E-state index contributed by atoms with van der Waals surface area (Å²) in [5, 5.41) is 11.1. The van der Waals surface area contributed by atoms with Crippen LogP contribution in [0.3, 0.4) is 0 Å². The first-order valence-corrected chi connectivity index (χ1v) is 15.5. The van der Waals surface area contributed by atoms with Crippen LogP contribution in [0.5, 0.6) is 0 Å². The number of benzene rings is 3. The van der Waals surface area contributed by atoms with E-state index in [9.17, 15) is 25.3 Å².